The van der Waals surface area contributed by atoms with Crippen molar-refractivity contribution in [2.45, 2.75) is 38.6 Å². The molecule has 0 radical (unpaired) electrons. The van der Waals surface area contributed by atoms with E-state index in [1.54, 1.807) is 0 Å². The average molecular weight is 201 g/mol. The molecular weight excluding hydrogens is 182 g/mol. The number of benzene rings is 1. The summed E-state index contributed by atoms with van der Waals surface area (Å²) in [5, 5.41) is 3.60. The Morgan fingerprint density at radius 1 is 1.47 bits per heavy atom. The second kappa shape index (κ2) is 4.52. The Bertz CT molecular complexity index is 354. The molecule has 0 aromatic heterocycles. The molecule has 15 heavy (non-hydrogen) atoms. The lowest BCUT2D eigenvalue weighted by atomic mass is 9.94. The summed E-state index contributed by atoms with van der Waals surface area (Å²) in [5.74, 6) is 0. The molecule has 0 amide bonds. The lowest BCUT2D eigenvalue weighted by molar-refractivity contribution is 0.618. The average Bonchev–Trinajstić information content (AvgIpc) is 2.29. The van der Waals surface area contributed by atoms with Gasteiger partial charge in [-0.2, -0.15) is 0 Å². The molecule has 2 rings (SSSR count). The van der Waals surface area contributed by atoms with Gasteiger partial charge >= 0.3 is 0 Å². The van der Waals surface area contributed by atoms with Gasteiger partial charge in [0.25, 0.3) is 0 Å². The van der Waals surface area contributed by atoms with E-state index in [9.17, 15) is 0 Å². The second-order valence-corrected chi connectivity index (χ2v) is 4.34. The van der Waals surface area contributed by atoms with E-state index in [2.05, 4.69) is 43.1 Å². The Hall–Kier alpha value is -1.24. The fourth-order valence-electron chi connectivity index (χ4n) is 2.15. The molecule has 1 aromatic rings. The number of hydrogen-bond donors (Lipinski definition) is 1. The topological polar surface area (TPSA) is 12.0 Å². The first-order valence-electron chi connectivity index (χ1n) is 5.80. The Labute approximate surface area is 92.2 Å². The molecule has 1 atom stereocenters. The highest BCUT2D eigenvalue weighted by Gasteiger charge is 2.16. The van der Waals surface area contributed by atoms with E-state index < -0.39 is 0 Å². The third kappa shape index (κ3) is 2.41. The van der Waals surface area contributed by atoms with Gasteiger partial charge in [0, 0.05) is 11.7 Å². The van der Waals surface area contributed by atoms with Gasteiger partial charge in [0.1, 0.15) is 0 Å². The molecule has 0 saturated heterocycles. The van der Waals surface area contributed by atoms with Crippen LogP contribution in [0.3, 0.4) is 0 Å². The van der Waals surface area contributed by atoms with Crippen LogP contribution >= 0.6 is 0 Å². The number of hydrogen-bond acceptors (Lipinski definition) is 1. The van der Waals surface area contributed by atoms with Gasteiger partial charge in [0.15, 0.2) is 0 Å². The minimum Gasteiger partial charge on any atom is -0.382 e. The highest BCUT2D eigenvalue weighted by Crippen LogP contribution is 2.26. The maximum absolute atomic E-state index is 4.08. The summed E-state index contributed by atoms with van der Waals surface area (Å²) in [5.41, 5.74) is 4.13. The number of anilines is 1. The largest absolute Gasteiger partial charge is 0.382 e. The minimum absolute atomic E-state index is 0.590. The maximum atomic E-state index is 4.08. The van der Waals surface area contributed by atoms with Crippen LogP contribution in [0, 0.1) is 0 Å². The summed E-state index contributed by atoms with van der Waals surface area (Å²) >= 11 is 0. The molecule has 1 heteroatoms. The van der Waals surface area contributed by atoms with Crippen LogP contribution in [0.5, 0.6) is 0 Å². The zero-order valence-corrected chi connectivity index (χ0v) is 9.42. The fourth-order valence-corrected chi connectivity index (χ4v) is 2.15. The fraction of sp³-hybridized carbons (Fsp3) is 0.429. The van der Waals surface area contributed by atoms with Gasteiger partial charge in [-0.15, -0.1) is 0 Å². The zero-order chi connectivity index (χ0) is 10.7. The monoisotopic (exact) mass is 201 g/mol. The van der Waals surface area contributed by atoms with Crippen LogP contribution in [0.2, 0.25) is 0 Å². The van der Waals surface area contributed by atoms with Crippen molar-refractivity contribution in [3.05, 3.63) is 42.0 Å². The molecule has 1 aliphatic heterocycles. The molecule has 0 saturated carbocycles. The first-order chi connectivity index (χ1) is 7.29. The van der Waals surface area contributed by atoms with Gasteiger partial charge in [0.2, 0.25) is 0 Å². The van der Waals surface area contributed by atoms with E-state index >= 15 is 0 Å². The number of rotatable bonds is 3. The van der Waals surface area contributed by atoms with Crippen molar-refractivity contribution in [3.63, 3.8) is 0 Å². The van der Waals surface area contributed by atoms with E-state index in [4.69, 9.17) is 0 Å². The maximum Gasteiger partial charge on any atom is 0.0374 e. The summed E-state index contributed by atoms with van der Waals surface area (Å²) < 4.78 is 0. The van der Waals surface area contributed by atoms with Crippen molar-refractivity contribution >= 4 is 5.69 Å². The molecule has 1 aromatic carbocycles. The van der Waals surface area contributed by atoms with E-state index in [1.165, 1.54) is 29.7 Å². The van der Waals surface area contributed by atoms with Gasteiger partial charge in [-0.05, 0) is 37.3 Å². The molecule has 1 N–H and O–H groups in total. The molecule has 1 nitrogen and oxygen atoms in total. The predicted octanol–water partition coefficient (Wildman–Crippen LogP) is 3.77. The third-order valence-electron chi connectivity index (χ3n) is 3.17. The van der Waals surface area contributed by atoms with Gasteiger partial charge in [-0.3, -0.25) is 0 Å². The number of nitrogens with one attached hydrogen (secondary N) is 1. The lowest BCUT2D eigenvalue weighted by Crippen LogP contribution is -2.25. The Morgan fingerprint density at radius 2 is 2.27 bits per heavy atom. The smallest absolute Gasteiger partial charge is 0.0374 e. The van der Waals surface area contributed by atoms with Crippen LogP contribution in [-0.4, -0.2) is 6.04 Å². The Kier molecular flexibility index (Phi) is 3.10. The summed E-state index contributed by atoms with van der Waals surface area (Å²) in [7, 11) is 0. The summed E-state index contributed by atoms with van der Waals surface area (Å²) in [6.45, 7) is 6.26. The molecule has 0 bridgehead atoms. The summed E-state index contributed by atoms with van der Waals surface area (Å²) in [6, 6.07) is 9.20. The van der Waals surface area contributed by atoms with E-state index in [0.29, 0.717) is 6.04 Å². The highest BCUT2D eigenvalue weighted by molar-refractivity contribution is 5.53. The molecule has 0 spiro atoms. The van der Waals surface area contributed by atoms with Crippen molar-refractivity contribution in [1.29, 1.82) is 0 Å². The molecule has 1 aliphatic rings. The molecular formula is C14H19N. The second-order valence-electron chi connectivity index (χ2n) is 4.34. The molecule has 0 aliphatic carbocycles. The van der Waals surface area contributed by atoms with E-state index in [0.717, 1.165) is 12.8 Å². The number of para-hydroxylation sites is 1. The normalized spacial score (nSPS) is 19.1. The van der Waals surface area contributed by atoms with Crippen LogP contribution in [0.25, 0.3) is 0 Å². The van der Waals surface area contributed by atoms with E-state index in [-0.39, 0.29) is 0 Å². The van der Waals surface area contributed by atoms with Crippen molar-refractivity contribution < 1.29 is 0 Å². The van der Waals surface area contributed by atoms with Crippen molar-refractivity contribution in [1.82, 2.24) is 0 Å². The van der Waals surface area contributed by atoms with E-state index in [1.807, 2.05) is 0 Å². The quantitative estimate of drug-likeness (QED) is 0.734. The molecule has 1 heterocycles. The predicted molar refractivity (Wildman–Crippen MR) is 66.2 cm³/mol. The minimum atomic E-state index is 0.590. The summed E-state index contributed by atoms with van der Waals surface area (Å²) in [4.78, 5) is 0. The van der Waals surface area contributed by atoms with Crippen LogP contribution in [0.4, 0.5) is 5.69 Å². The molecule has 80 valence electrons. The first kappa shape index (κ1) is 10.3. The van der Waals surface area contributed by atoms with Gasteiger partial charge in [-0.1, -0.05) is 37.3 Å². The van der Waals surface area contributed by atoms with Gasteiger partial charge in [0.05, 0.1) is 0 Å². The Morgan fingerprint density at radius 3 is 3.07 bits per heavy atom. The first-order valence-corrected chi connectivity index (χ1v) is 5.80. The SMILES string of the molecule is C=C(CC)CC1CCc2ccccc2N1. The van der Waals surface area contributed by atoms with Crippen molar-refractivity contribution in [2.75, 3.05) is 5.32 Å². The van der Waals surface area contributed by atoms with Crippen LogP contribution < -0.4 is 5.32 Å². The van der Waals surface area contributed by atoms with Crippen LogP contribution in [0.15, 0.2) is 36.4 Å². The third-order valence-corrected chi connectivity index (χ3v) is 3.17. The van der Waals surface area contributed by atoms with Crippen LogP contribution in [0.1, 0.15) is 31.7 Å². The summed E-state index contributed by atoms with van der Waals surface area (Å²) in [6.07, 6.45) is 4.64. The Balaban J connectivity index is 2.02. The van der Waals surface area contributed by atoms with Crippen molar-refractivity contribution in [2.24, 2.45) is 0 Å². The highest BCUT2D eigenvalue weighted by atomic mass is 14.9. The van der Waals surface area contributed by atoms with Crippen LogP contribution in [-0.2, 0) is 6.42 Å². The number of fused-ring (bicyclic) bond motifs is 1. The lowest BCUT2D eigenvalue weighted by Gasteiger charge is -2.27. The number of aryl methyl sites for hydroxylation is 1. The van der Waals surface area contributed by atoms with Gasteiger partial charge in [-0.25, -0.2) is 0 Å². The molecule has 1 unspecified atom stereocenters. The zero-order valence-electron chi connectivity index (χ0n) is 9.42. The van der Waals surface area contributed by atoms with Crippen molar-refractivity contribution in [3.8, 4) is 0 Å². The van der Waals surface area contributed by atoms with Gasteiger partial charge < -0.3 is 5.32 Å². The standard InChI is InChI=1S/C14H19N/c1-3-11(2)10-13-9-8-12-6-4-5-7-14(12)15-13/h4-7,13,15H,2-3,8-10H2,1H3. The molecule has 0 fully saturated rings.